The van der Waals surface area contributed by atoms with Crippen LogP contribution in [0.15, 0.2) is 24.3 Å². The first-order valence-electron chi connectivity index (χ1n) is 4.78. The van der Waals surface area contributed by atoms with Gasteiger partial charge < -0.3 is 5.73 Å². The highest BCUT2D eigenvalue weighted by Gasteiger charge is 2.05. The Labute approximate surface area is 88.0 Å². The molecule has 1 aromatic rings. The van der Waals surface area contributed by atoms with E-state index in [1.807, 2.05) is 38.1 Å². The topological polar surface area (TPSA) is 43.1 Å². The van der Waals surface area contributed by atoms with Crippen LogP contribution in [0.25, 0.3) is 0 Å². The molecule has 2 N–H and O–H groups in total. The van der Waals surface area contributed by atoms with Gasteiger partial charge in [0.05, 0.1) is 0 Å². The van der Waals surface area contributed by atoms with Gasteiger partial charge in [0.1, 0.15) is 0 Å². The van der Waals surface area contributed by atoms with Crippen LogP contribution in [0.1, 0.15) is 25.0 Å². The normalized spacial score (nSPS) is 13.1. The number of hydrogen-bond acceptors (Lipinski definition) is 2. The fourth-order valence-corrected chi connectivity index (χ4v) is 1.96. The van der Waals surface area contributed by atoms with Gasteiger partial charge in [-0.15, -0.1) is 0 Å². The predicted molar refractivity (Wildman–Crippen MR) is 61.3 cm³/mol. The van der Waals surface area contributed by atoms with Gasteiger partial charge in [0.2, 0.25) is 0 Å². The average molecular weight is 211 g/mol. The Balaban J connectivity index is 2.64. The van der Waals surface area contributed by atoms with Gasteiger partial charge in [-0.3, -0.25) is 4.21 Å². The van der Waals surface area contributed by atoms with Crippen molar-refractivity contribution in [2.75, 3.05) is 0 Å². The van der Waals surface area contributed by atoms with E-state index in [1.54, 1.807) is 0 Å². The molecule has 2 nitrogen and oxygen atoms in total. The van der Waals surface area contributed by atoms with Gasteiger partial charge >= 0.3 is 0 Å². The van der Waals surface area contributed by atoms with E-state index in [4.69, 9.17) is 5.73 Å². The Morgan fingerprint density at radius 2 is 1.71 bits per heavy atom. The molecule has 0 aliphatic carbocycles. The third-order valence-electron chi connectivity index (χ3n) is 2.09. The summed E-state index contributed by atoms with van der Waals surface area (Å²) in [6.07, 6.45) is 0. The van der Waals surface area contributed by atoms with Crippen molar-refractivity contribution in [1.29, 1.82) is 0 Å². The van der Waals surface area contributed by atoms with E-state index in [2.05, 4.69) is 0 Å². The molecule has 0 saturated heterocycles. The van der Waals surface area contributed by atoms with E-state index >= 15 is 0 Å². The molecule has 3 heteroatoms. The molecule has 0 aliphatic rings. The maximum atomic E-state index is 11.6. The first kappa shape index (κ1) is 11.4. The van der Waals surface area contributed by atoms with Crippen LogP contribution in [-0.2, 0) is 23.1 Å². The minimum Gasteiger partial charge on any atom is -0.326 e. The summed E-state index contributed by atoms with van der Waals surface area (Å²) in [5.74, 6) is 0.641. The van der Waals surface area contributed by atoms with E-state index in [0.29, 0.717) is 12.3 Å². The molecule has 14 heavy (non-hydrogen) atoms. The monoisotopic (exact) mass is 211 g/mol. The van der Waals surface area contributed by atoms with Crippen LogP contribution < -0.4 is 5.73 Å². The van der Waals surface area contributed by atoms with Crippen molar-refractivity contribution in [2.24, 2.45) is 5.73 Å². The lowest BCUT2D eigenvalue weighted by Gasteiger charge is -2.05. The maximum absolute atomic E-state index is 11.6. The van der Waals surface area contributed by atoms with Crippen LogP contribution in [0.3, 0.4) is 0 Å². The summed E-state index contributed by atoms with van der Waals surface area (Å²) in [5, 5.41) is 0.226. The number of nitrogens with two attached hydrogens (primary N) is 1. The summed E-state index contributed by atoms with van der Waals surface area (Å²) in [4.78, 5) is 0. The predicted octanol–water partition coefficient (Wildman–Crippen LogP) is 1.80. The standard InChI is InChI=1S/C11H17NOS/c1-9(2)14(13)8-11-5-3-10(7-12)4-6-11/h3-6,9H,7-8,12H2,1-2H3. The zero-order chi connectivity index (χ0) is 10.6. The highest BCUT2D eigenvalue weighted by Crippen LogP contribution is 2.08. The van der Waals surface area contributed by atoms with Crippen molar-refractivity contribution in [3.05, 3.63) is 35.4 Å². The molecule has 0 aromatic heterocycles. The van der Waals surface area contributed by atoms with Crippen molar-refractivity contribution < 1.29 is 4.21 Å². The number of benzene rings is 1. The van der Waals surface area contributed by atoms with Gasteiger partial charge in [0, 0.05) is 28.3 Å². The van der Waals surface area contributed by atoms with E-state index in [9.17, 15) is 4.21 Å². The maximum Gasteiger partial charge on any atom is 0.0488 e. The lowest BCUT2D eigenvalue weighted by atomic mass is 10.1. The molecule has 0 fully saturated rings. The zero-order valence-corrected chi connectivity index (χ0v) is 9.51. The summed E-state index contributed by atoms with van der Waals surface area (Å²) >= 11 is 0. The van der Waals surface area contributed by atoms with Gasteiger partial charge in [0.15, 0.2) is 0 Å². The van der Waals surface area contributed by atoms with Crippen LogP contribution >= 0.6 is 0 Å². The smallest absolute Gasteiger partial charge is 0.0488 e. The molecule has 0 amide bonds. The van der Waals surface area contributed by atoms with Crippen LogP contribution in [0, 0.1) is 0 Å². The molecule has 0 spiro atoms. The molecule has 0 radical (unpaired) electrons. The fourth-order valence-electron chi connectivity index (χ4n) is 1.10. The number of rotatable bonds is 4. The first-order valence-corrected chi connectivity index (χ1v) is 6.16. The first-order chi connectivity index (χ1) is 6.63. The lowest BCUT2D eigenvalue weighted by Crippen LogP contribution is -2.08. The van der Waals surface area contributed by atoms with Gasteiger partial charge in [-0.1, -0.05) is 38.1 Å². The Morgan fingerprint density at radius 1 is 1.21 bits per heavy atom. The van der Waals surface area contributed by atoms with E-state index in [0.717, 1.165) is 11.1 Å². The summed E-state index contributed by atoms with van der Waals surface area (Å²) < 4.78 is 11.6. The highest BCUT2D eigenvalue weighted by atomic mass is 32.2. The molecule has 1 unspecified atom stereocenters. The molecular formula is C11H17NOS. The van der Waals surface area contributed by atoms with Crippen LogP contribution in [0.5, 0.6) is 0 Å². The van der Waals surface area contributed by atoms with Crippen LogP contribution in [-0.4, -0.2) is 9.46 Å². The molecule has 1 atom stereocenters. The largest absolute Gasteiger partial charge is 0.326 e. The fraction of sp³-hybridized carbons (Fsp3) is 0.455. The second kappa shape index (κ2) is 5.27. The van der Waals surface area contributed by atoms with Crippen LogP contribution in [0.2, 0.25) is 0 Å². The summed E-state index contributed by atoms with van der Waals surface area (Å²) in [6, 6.07) is 7.99. The van der Waals surface area contributed by atoms with Gasteiger partial charge in [-0.25, -0.2) is 0 Å². The third-order valence-corrected chi connectivity index (χ3v) is 3.76. The van der Waals surface area contributed by atoms with E-state index in [-0.39, 0.29) is 5.25 Å². The molecule has 0 saturated carbocycles. The SMILES string of the molecule is CC(C)S(=O)Cc1ccc(CN)cc1. The third kappa shape index (κ3) is 3.24. The average Bonchev–Trinajstić information content (AvgIpc) is 2.19. The summed E-state index contributed by atoms with van der Waals surface area (Å²) in [6.45, 7) is 4.52. The minimum atomic E-state index is -0.763. The van der Waals surface area contributed by atoms with Gasteiger partial charge in [0.25, 0.3) is 0 Å². The Hall–Kier alpha value is -0.670. The zero-order valence-electron chi connectivity index (χ0n) is 8.69. The molecular weight excluding hydrogens is 194 g/mol. The second-order valence-corrected chi connectivity index (χ2v) is 5.59. The van der Waals surface area contributed by atoms with Crippen molar-refractivity contribution >= 4 is 10.8 Å². The van der Waals surface area contributed by atoms with Gasteiger partial charge in [-0.2, -0.15) is 0 Å². The quantitative estimate of drug-likeness (QED) is 0.825. The molecule has 0 heterocycles. The van der Waals surface area contributed by atoms with Crippen molar-refractivity contribution in [2.45, 2.75) is 31.4 Å². The van der Waals surface area contributed by atoms with Crippen molar-refractivity contribution in [3.8, 4) is 0 Å². The Morgan fingerprint density at radius 3 is 2.14 bits per heavy atom. The van der Waals surface area contributed by atoms with E-state index in [1.165, 1.54) is 0 Å². The van der Waals surface area contributed by atoms with Crippen molar-refractivity contribution in [1.82, 2.24) is 0 Å². The second-order valence-electron chi connectivity index (χ2n) is 3.59. The molecule has 0 aliphatic heterocycles. The number of hydrogen-bond donors (Lipinski definition) is 1. The highest BCUT2D eigenvalue weighted by molar-refractivity contribution is 7.84. The molecule has 78 valence electrons. The Kier molecular flexibility index (Phi) is 4.29. The lowest BCUT2D eigenvalue weighted by molar-refractivity contribution is 0.676. The van der Waals surface area contributed by atoms with Crippen molar-refractivity contribution in [3.63, 3.8) is 0 Å². The summed E-state index contributed by atoms with van der Waals surface area (Å²) in [7, 11) is -0.763. The Bertz CT molecular complexity index is 306. The van der Waals surface area contributed by atoms with E-state index < -0.39 is 10.8 Å². The molecule has 0 bridgehead atoms. The summed E-state index contributed by atoms with van der Waals surface area (Å²) in [5.41, 5.74) is 7.72. The van der Waals surface area contributed by atoms with Crippen LogP contribution in [0.4, 0.5) is 0 Å². The minimum absolute atomic E-state index is 0.226. The van der Waals surface area contributed by atoms with Gasteiger partial charge in [-0.05, 0) is 11.1 Å². The molecule has 1 aromatic carbocycles. The molecule has 1 rings (SSSR count).